The van der Waals surface area contributed by atoms with Crippen LogP contribution in [0.5, 0.6) is 0 Å². The zero-order valence-corrected chi connectivity index (χ0v) is 18.9. The molecule has 9 heteroatoms. The molecule has 0 radical (unpaired) electrons. The maximum Gasteiger partial charge on any atom is 0.340 e. The van der Waals surface area contributed by atoms with E-state index in [-0.39, 0.29) is 27.8 Å². The van der Waals surface area contributed by atoms with Crippen molar-refractivity contribution >= 4 is 50.7 Å². The summed E-state index contributed by atoms with van der Waals surface area (Å²) in [5.74, 6) is -0.969. The first-order chi connectivity index (χ1) is 14.7. The monoisotopic (exact) mass is 481 g/mol. The number of ether oxygens (including phenoxy) is 1. The van der Waals surface area contributed by atoms with Crippen molar-refractivity contribution in [2.75, 3.05) is 10.8 Å². The van der Waals surface area contributed by atoms with E-state index in [1.165, 1.54) is 24.3 Å². The first-order valence-electron chi connectivity index (χ1n) is 9.66. The molecule has 0 heterocycles. The van der Waals surface area contributed by atoms with Gasteiger partial charge in [0.25, 0.3) is 10.0 Å². The van der Waals surface area contributed by atoms with Crippen LogP contribution in [0.1, 0.15) is 36.0 Å². The summed E-state index contributed by atoms with van der Waals surface area (Å²) in [4.78, 5) is 24.5. The van der Waals surface area contributed by atoms with Gasteiger partial charge in [-0.3, -0.25) is 9.10 Å². The van der Waals surface area contributed by atoms with E-state index in [2.05, 4.69) is 6.58 Å². The van der Waals surface area contributed by atoms with E-state index in [0.717, 1.165) is 17.1 Å². The van der Waals surface area contributed by atoms with Gasteiger partial charge in [0.05, 0.1) is 27.7 Å². The van der Waals surface area contributed by atoms with Crippen molar-refractivity contribution < 1.29 is 22.7 Å². The van der Waals surface area contributed by atoms with Crippen molar-refractivity contribution in [1.82, 2.24) is 0 Å². The summed E-state index contributed by atoms with van der Waals surface area (Å²) in [6.07, 6.45) is 2.98. The number of rotatable bonds is 7. The third-order valence-electron chi connectivity index (χ3n) is 4.90. The van der Waals surface area contributed by atoms with Gasteiger partial charge in [0.2, 0.25) is 0 Å². The van der Waals surface area contributed by atoms with Crippen LogP contribution in [-0.2, 0) is 19.6 Å². The number of sulfonamides is 1. The number of Topliss-reactive ketones (excluding diaryl/α,β-unsaturated/α-hetero) is 1. The standard InChI is InChI=1S/C22H21Cl2NO5S/c1-2-13-25(16-9-7-15(23)8-10-16)31(28,29)17-11-12-19(24)18(14-17)22(27)30-21-6-4-3-5-20(21)26/h2,7-12,14,21H,1,3-6,13H2. The van der Waals surface area contributed by atoms with E-state index < -0.39 is 22.1 Å². The second kappa shape index (κ2) is 9.85. The normalized spacial score (nSPS) is 16.6. The van der Waals surface area contributed by atoms with Gasteiger partial charge < -0.3 is 4.74 Å². The van der Waals surface area contributed by atoms with E-state index in [1.807, 2.05) is 0 Å². The zero-order valence-electron chi connectivity index (χ0n) is 16.6. The van der Waals surface area contributed by atoms with Crippen LogP contribution in [0.3, 0.4) is 0 Å². The molecule has 0 amide bonds. The summed E-state index contributed by atoms with van der Waals surface area (Å²) >= 11 is 12.1. The number of ketones is 1. The van der Waals surface area contributed by atoms with E-state index in [0.29, 0.717) is 23.6 Å². The Morgan fingerprint density at radius 1 is 1.16 bits per heavy atom. The molecule has 0 aliphatic heterocycles. The van der Waals surface area contributed by atoms with Gasteiger partial charge in [-0.25, -0.2) is 13.2 Å². The molecule has 1 atom stereocenters. The molecule has 6 nitrogen and oxygen atoms in total. The van der Waals surface area contributed by atoms with Gasteiger partial charge in [-0.1, -0.05) is 29.3 Å². The first kappa shape index (κ1) is 23.3. The maximum absolute atomic E-state index is 13.3. The van der Waals surface area contributed by atoms with Crippen LogP contribution in [0.2, 0.25) is 10.0 Å². The van der Waals surface area contributed by atoms with Crippen LogP contribution >= 0.6 is 23.2 Å². The summed E-state index contributed by atoms with van der Waals surface area (Å²) in [6.45, 7) is 3.63. The van der Waals surface area contributed by atoms with E-state index in [1.54, 1.807) is 24.3 Å². The molecule has 0 N–H and O–H groups in total. The van der Waals surface area contributed by atoms with Gasteiger partial charge in [0.15, 0.2) is 11.9 Å². The predicted octanol–water partition coefficient (Wildman–Crippen LogP) is 5.04. The van der Waals surface area contributed by atoms with Gasteiger partial charge in [0, 0.05) is 11.4 Å². The molecular formula is C22H21Cl2NO5S. The van der Waals surface area contributed by atoms with Crippen LogP contribution in [0, 0.1) is 0 Å². The van der Waals surface area contributed by atoms with Gasteiger partial charge in [-0.05, 0) is 61.7 Å². The third-order valence-corrected chi connectivity index (χ3v) is 7.27. The number of nitrogens with zero attached hydrogens (tertiary/aromatic N) is 1. The summed E-state index contributed by atoms with van der Waals surface area (Å²) in [7, 11) is -4.06. The van der Waals surface area contributed by atoms with Gasteiger partial charge in [-0.15, -0.1) is 6.58 Å². The van der Waals surface area contributed by atoms with Crippen LogP contribution in [0.25, 0.3) is 0 Å². The fourth-order valence-electron chi connectivity index (χ4n) is 3.28. The number of anilines is 1. The lowest BCUT2D eigenvalue weighted by Crippen LogP contribution is -2.32. The average molecular weight is 482 g/mol. The maximum atomic E-state index is 13.3. The van der Waals surface area contributed by atoms with Crippen molar-refractivity contribution in [3.63, 3.8) is 0 Å². The Morgan fingerprint density at radius 3 is 2.52 bits per heavy atom. The second-order valence-electron chi connectivity index (χ2n) is 7.05. The lowest BCUT2D eigenvalue weighted by molar-refractivity contribution is -0.129. The minimum absolute atomic E-state index is 0.00292. The van der Waals surface area contributed by atoms with Crippen LogP contribution in [0.4, 0.5) is 5.69 Å². The van der Waals surface area contributed by atoms with Crippen molar-refractivity contribution in [3.05, 3.63) is 70.7 Å². The average Bonchev–Trinajstić information content (AvgIpc) is 2.74. The lowest BCUT2D eigenvalue weighted by atomic mass is 9.96. The highest BCUT2D eigenvalue weighted by Gasteiger charge is 2.29. The number of esters is 1. The van der Waals surface area contributed by atoms with Crippen LogP contribution in [-0.4, -0.2) is 32.8 Å². The number of benzene rings is 2. The van der Waals surface area contributed by atoms with E-state index >= 15 is 0 Å². The topological polar surface area (TPSA) is 80.8 Å². The first-order valence-corrected chi connectivity index (χ1v) is 11.9. The minimum Gasteiger partial charge on any atom is -0.451 e. The molecule has 1 aliphatic rings. The van der Waals surface area contributed by atoms with Crippen molar-refractivity contribution in [2.45, 2.75) is 36.7 Å². The molecule has 2 aromatic rings. The summed E-state index contributed by atoms with van der Waals surface area (Å²) in [5, 5.41) is 0.502. The Balaban J connectivity index is 1.94. The molecule has 0 spiro atoms. The summed E-state index contributed by atoms with van der Waals surface area (Å²) in [6, 6.07) is 10.1. The van der Waals surface area contributed by atoms with Crippen molar-refractivity contribution in [1.29, 1.82) is 0 Å². The van der Waals surface area contributed by atoms with Gasteiger partial charge in [-0.2, -0.15) is 0 Å². The molecule has 1 aliphatic carbocycles. The Bertz CT molecular complexity index is 1100. The smallest absolute Gasteiger partial charge is 0.340 e. The predicted molar refractivity (Wildman–Crippen MR) is 120 cm³/mol. The fraction of sp³-hybridized carbons (Fsp3) is 0.273. The minimum atomic E-state index is -4.06. The molecule has 164 valence electrons. The molecular weight excluding hydrogens is 461 g/mol. The highest BCUT2D eigenvalue weighted by molar-refractivity contribution is 7.92. The fourth-order valence-corrected chi connectivity index (χ4v) is 5.07. The van der Waals surface area contributed by atoms with Crippen molar-refractivity contribution in [3.8, 4) is 0 Å². The zero-order chi connectivity index (χ0) is 22.6. The third kappa shape index (κ3) is 5.29. The van der Waals surface area contributed by atoms with E-state index in [4.69, 9.17) is 27.9 Å². The Hall–Kier alpha value is -2.35. The number of carbonyl (C=O) groups is 2. The number of hydrogen-bond donors (Lipinski definition) is 0. The Kier molecular flexibility index (Phi) is 7.41. The SMILES string of the molecule is C=CCN(c1ccc(Cl)cc1)S(=O)(=O)c1ccc(Cl)c(C(=O)OC2CCCCC2=O)c1. The van der Waals surface area contributed by atoms with Crippen molar-refractivity contribution in [2.24, 2.45) is 0 Å². The molecule has 3 rings (SSSR count). The van der Waals surface area contributed by atoms with Crippen LogP contribution in [0.15, 0.2) is 60.0 Å². The lowest BCUT2D eigenvalue weighted by Gasteiger charge is -2.24. The van der Waals surface area contributed by atoms with E-state index in [9.17, 15) is 18.0 Å². The largest absolute Gasteiger partial charge is 0.451 e. The van der Waals surface area contributed by atoms with Crippen LogP contribution < -0.4 is 4.31 Å². The van der Waals surface area contributed by atoms with Gasteiger partial charge >= 0.3 is 5.97 Å². The molecule has 2 aromatic carbocycles. The molecule has 31 heavy (non-hydrogen) atoms. The van der Waals surface area contributed by atoms with Gasteiger partial charge in [0.1, 0.15) is 0 Å². The molecule has 0 aromatic heterocycles. The number of carbonyl (C=O) groups excluding carboxylic acids is 2. The highest BCUT2D eigenvalue weighted by atomic mass is 35.5. The second-order valence-corrected chi connectivity index (χ2v) is 9.75. The molecule has 1 unspecified atom stereocenters. The Labute approximate surface area is 191 Å². The number of hydrogen-bond acceptors (Lipinski definition) is 5. The molecule has 0 saturated heterocycles. The quantitative estimate of drug-likeness (QED) is 0.408. The molecule has 1 fully saturated rings. The summed E-state index contributed by atoms with van der Waals surface area (Å²) < 4.78 is 33.1. The summed E-state index contributed by atoms with van der Waals surface area (Å²) in [5.41, 5.74) is 0.270. The molecule has 1 saturated carbocycles. The number of halogens is 2. The molecule has 0 bridgehead atoms. The Morgan fingerprint density at radius 2 is 1.87 bits per heavy atom. The highest BCUT2D eigenvalue weighted by Crippen LogP contribution is 2.29.